The van der Waals surface area contributed by atoms with Crippen molar-refractivity contribution in [2.75, 3.05) is 70.7 Å². The number of H-pyrrole nitrogens is 1. The van der Waals surface area contributed by atoms with Crippen LogP contribution in [0.3, 0.4) is 0 Å². The van der Waals surface area contributed by atoms with E-state index in [9.17, 15) is 81.0 Å². The molecule has 0 radical (unpaired) electrons. The van der Waals surface area contributed by atoms with E-state index in [-0.39, 0.29) is 177 Å². The van der Waals surface area contributed by atoms with Crippen LogP contribution in [0.5, 0.6) is 0 Å². The first kappa shape index (κ1) is 105. The summed E-state index contributed by atoms with van der Waals surface area (Å²) in [6, 6.07) is 2.80. The molecule has 0 spiro atoms. The summed E-state index contributed by atoms with van der Waals surface area (Å²) in [7, 11) is -3.71. The number of carbonyl (C=O) groups is 14. The summed E-state index contributed by atoms with van der Waals surface area (Å²) >= 11 is 0. The number of Topliss-reactive ketones (excluding diaryl/α,β-unsaturated/α-hetero) is 3. The summed E-state index contributed by atoms with van der Waals surface area (Å²) < 4.78 is 36.3. The lowest BCUT2D eigenvalue weighted by Gasteiger charge is -2.31. The number of ether oxygens (including phenoxy) is 2. The molecule has 0 aliphatic carbocycles. The second kappa shape index (κ2) is 58.6. The van der Waals surface area contributed by atoms with Crippen molar-refractivity contribution in [3.05, 3.63) is 71.9 Å². The van der Waals surface area contributed by atoms with E-state index in [1.165, 1.54) is 6.92 Å². The highest BCUT2D eigenvalue weighted by Crippen LogP contribution is 2.25. The number of aliphatic hydroxyl groups is 2. The predicted octanol–water partition coefficient (Wildman–Crippen LogP) is 1.44. The SMILES string of the molecule is CCCC[C@H](NC(=O)[C@H](CO)NC(=O)[C@H](CCCN=C(N)N)NC(=O)COCCOCCNC(=O)CCCS(=O)(=O)CC(=O)CCCCCCCCCCCCCCC(=O)O)C(=O)N[C@H]1CCC(=O)CCCCC[C@@H](C(C)=O)NC(=O)[C@H](Cc2c[nH]c3ccccc23)NC(=O)[C@H](CCCN=C(N)N)NC(=O)[C@@H](Cc2ccccc2)NC(=O)[C@@H]2C[C@@H](O)CN2C1=O. The van der Waals surface area contributed by atoms with Gasteiger partial charge in [0.1, 0.15) is 72.3 Å². The van der Waals surface area contributed by atoms with Gasteiger partial charge in [-0.05, 0) is 94.7 Å². The number of hydrogen-bond donors (Lipinski definition) is 17. The number of para-hydroxylation sites is 1. The molecule has 5 rings (SSSR count). The van der Waals surface area contributed by atoms with Gasteiger partial charge in [0.15, 0.2) is 27.5 Å². The highest BCUT2D eigenvalue weighted by Gasteiger charge is 2.44. The number of aromatic nitrogens is 1. The van der Waals surface area contributed by atoms with Gasteiger partial charge in [-0.3, -0.25) is 77.1 Å². The third-order valence-electron chi connectivity index (χ3n) is 21.6. The van der Waals surface area contributed by atoms with Gasteiger partial charge in [0.25, 0.3) is 0 Å². The van der Waals surface area contributed by atoms with E-state index in [0.717, 1.165) is 80.0 Å². The Morgan fingerprint density at radius 3 is 1.85 bits per heavy atom. The van der Waals surface area contributed by atoms with E-state index in [2.05, 4.69) is 62.8 Å². The summed E-state index contributed by atoms with van der Waals surface area (Å²) in [5.41, 5.74) is 24.3. The standard InChI is InChI=1S/C86H135N17O21S/c1-3-4-33-67(98-82(118)72(54-104)102-77(113)66(36-25-42-92-85(87)88)95-75(110)55-124-47-46-123-45-44-91-74(109)38-27-48-125(121,122)56-61(107)31-19-13-11-9-7-5-6-8-10-12-14-22-39-76(111)112)78(114)99-69-41-40-60(106)30-20-16-21-34-64(57(2)105)96-81(117)71(50-59-52-94-65-35-24-23-32-63(59)65)100-79(115)68(37-26-43-93-86(89)90)97-80(116)70(49-58-28-17-15-18-29-58)101-83(119)73-51-62(108)53-103(73)84(69)120/h15,17-18,23-24,28-29,32,35,52,62,64,66-73,94,104,108H,3-14,16,19-22,25-27,30-31,33-34,36-51,53-56H2,1-2H3,(H,91,109)(H,95,110)(H,96,117)(H,97,116)(H,98,118)(H,99,114)(H,100,115)(H,101,119)(H,102,113)(H,111,112)(H4,87,88,92)(H4,89,90,93)/t62-,64+,66+,67+,68+,69+,70-,71+,72+,73+/m1/s1. The Labute approximate surface area is 731 Å². The number of benzene rings is 2. The molecule has 39 heteroatoms. The number of aliphatic carboxylic acids is 1. The van der Waals surface area contributed by atoms with Crippen LogP contribution in [0.4, 0.5) is 0 Å². The van der Waals surface area contributed by atoms with Crippen molar-refractivity contribution in [3.63, 3.8) is 0 Å². The van der Waals surface area contributed by atoms with Gasteiger partial charge >= 0.3 is 5.97 Å². The zero-order valence-corrected chi connectivity index (χ0v) is 73.2. The second-order valence-corrected chi connectivity index (χ2v) is 34.3. The Morgan fingerprint density at radius 2 is 1.18 bits per heavy atom. The molecule has 1 aromatic heterocycles. The van der Waals surface area contributed by atoms with Gasteiger partial charge in [-0.25, -0.2) is 8.42 Å². The molecule has 2 saturated heterocycles. The van der Waals surface area contributed by atoms with E-state index < -0.39 is 161 Å². The number of aliphatic imine (C=N–C) groups is 2. The van der Waals surface area contributed by atoms with Crippen LogP contribution in [-0.2, 0) is 99.3 Å². The number of fused-ring (bicyclic) bond motifs is 2. The van der Waals surface area contributed by atoms with Gasteiger partial charge in [0, 0.05) is 94.6 Å². The van der Waals surface area contributed by atoms with Crippen molar-refractivity contribution in [3.8, 4) is 0 Å². The normalized spacial score (nSPS) is 19.1. The van der Waals surface area contributed by atoms with Gasteiger partial charge in [0.05, 0.1) is 44.3 Å². The average Bonchev–Trinajstić information content (AvgIpc) is 1.68. The van der Waals surface area contributed by atoms with E-state index in [1.807, 2.05) is 24.3 Å². The molecule has 10 atom stereocenters. The third-order valence-corrected chi connectivity index (χ3v) is 23.2. The van der Waals surface area contributed by atoms with Gasteiger partial charge in [0.2, 0.25) is 59.1 Å². The van der Waals surface area contributed by atoms with Crippen LogP contribution < -0.4 is 70.8 Å². The van der Waals surface area contributed by atoms with Gasteiger partial charge < -0.3 is 105 Å². The molecule has 3 heterocycles. The number of nitrogens with two attached hydrogens (primary N) is 4. The number of carbonyl (C=O) groups excluding carboxylic acids is 13. The molecule has 2 fully saturated rings. The largest absolute Gasteiger partial charge is 0.481 e. The number of sulfone groups is 1. The molecule has 2 aliphatic rings. The van der Waals surface area contributed by atoms with Crippen molar-refractivity contribution in [1.29, 1.82) is 0 Å². The highest BCUT2D eigenvalue weighted by molar-refractivity contribution is 7.92. The number of carboxylic acid groups (broad SMARTS) is 1. The number of nitrogens with zero attached hydrogens (tertiary/aromatic N) is 3. The number of aliphatic hydroxyl groups excluding tert-OH is 2. The lowest BCUT2D eigenvalue weighted by molar-refractivity contribution is -0.143. The zero-order chi connectivity index (χ0) is 91.5. The van der Waals surface area contributed by atoms with E-state index in [1.54, 1.807) is 43.5 Å². The quantitative estimate of drug-likeness (QED) is 0.0216. The maximum absolute atomic E-state index is 15.3. The molecule has 125 heavy (non-hydrogen) atoms. The highest BCUT2D eigenvalue weighted by atomic mass is 32.2. The van der Waals surface area contributed by atoms with Crippen molar-refractivity contribution >= 4 is 115 Å². The molecule has 696 valence electrons. The summed E-state index contributed by atoms with van der Waals surface area (Å²) in [5, 5.41) is 55.5. The fourth-order valence-electron chi connectivity index (χ4n) is 14.7. The van der Waals surface area contributed by atoms with Crippen LogP contribution in [0.25, 0.3) is 10.9 Å². The third kappa shape index (κ3) is 42.4. The predicted molar refractivity (Wildman–Crippen MR) is 468 cm³/mol. The van der Waals surface area contributed by atoms with Crippen LogP contribution in [-0.4, -0.2) is 259 Å². The van der Waals surface area contributed by atoms with Crippen LogP contribution in [0.2, 0.25) is 0 Å². The fraction of sp³-hybridized carbons (Fsp3) is 0.651. The summed E-state index contributed by atoms with van der Waals surface area (Å²) in [6.07, 6.45) is 13.0. The first-order valence-electron chi connectivity index (χ1n) is 44.0. The van der Waals surface area contributed by atoms with Crippen LogP contribution >= 0.6 is 0 Å². The molecule has 0 bridgehead atoms. The molecular weight excluding hydrogens is 1640 g/mol. The first-order valence-corrected chi connectivity index (χ1v) is 45.8. The molecule has 10 amide bonds. The Hall–Kier alpha value is -10.5. The Morgan fingerprint density at radius 1 is 0.600 bits per heavy atom. The van der Waals surface area contributed by atoms with Crippen molar-refractivity contribution < 1.29 is 100 Å². The minimum atomic E-state index is -3.71. The summed E-state index contributed by atoms with van der Waals surface area (Å²) in [6.45, 7) is 1.01. The molecule has 2 aromatic carbocycles. The van der Waals surface area contributed by atoms with E-state index in [0.29, 0.717) is 56.1 Å². The maximum Gasteiger partial charge on any atom is 0.303 e. The number of ketones is 3. The minimum Gasteiger partial charge on any atom is -0.481 e. The van der Waals surface area contributed by atoms with E-state index >= 15 is 4.79 Å². The number of hydrogen-bond acceptors (Lipinski definition) is 22. The maximum atomic E-state index is 15.3. The molecule has 3 aromatic rings. The monoisotopic (exact) mass is 1770 g/mol. The van der Waals surface area contributed by atoms with Gasteiger partial charge in [-0.1, -0.05) is 145 Å². The molecule has 0 unspecified atom stereocenters. The molecule has 21 N–H and O–H groups in total. The fourth-order valence-corrected chi connectivity index (χ4v) is 16.1. The zero-order valence-electron chi connectivity index (χ0n) is 72.4. The Kier molecular flexibility index (Phi) is 49.3. The molecule has 0 saturated carbocycles. The lowest BCUT2D eigenvalue weighted by atomic mass is 9.99. The topological polar surface area (TPSA) is 608 Å². The summed E-state index contributed by atoms with van der Waals surface area (Å²) in [4.78, 5) is 206. The number of guanidine groups is 2. The molecule has 2 aliphatic heterocycles. The number of unbranched alkanes of at least 4 members (excludes halogenated alkanes) is 12. The van der Waals surface area contributed by atoms with Crippen molar-refractivity contribution in [1.82, 2.24) is 57.7 Å². The number of amides is 10. The molecule has 38 nitrogen and oxygen atoms in total. The smallest absolute Gasteiger partial charge is 0.303 e. The van der Waals surface area contributed by atoms with Crippen LogP contribution in [0.15, 0.2) is 70.8 Å². The van der Waals surface area contributed by atoms with Gasteiger partial charge in [-0.2, -0.15) is 0 Å². The lowest BCUT2D eigenvalue weighted by Crippen LogP contribution is -2.61. The molecular formula is C86H135N17O21S. The summed E-state index contributed by atoms with van der Waals surface area (Å²) in [5.74, 6) is -11.7. The number of aromatic amines is 1. The van der Waals surface area contributed by atoms with Gasteiger partial charge in [-0.15, -0.1) is 0 Å². The van der Waals surface area contributed by atoms with Crippen molar-refractivity contribution in [2.24, 2.45) is 32.9 Å². The van der Waals surface area contributed by atoms with E-state index in [4.69, 9.17) is 37.5 Å². The Balaban J connectivity index is 1.21. The number of rotatable bonds is 53. The van der Waals surface area contributed by atoms with Crippen molar-refractivity contribution in [2.45, 2.75) is 286 Å². The average molecular weight is 1780 g/mol. The van der Waals surface area contributed by atoms with Crippen LogP contribution in [0.1, 0.15) is 224 Å². The number of nitrogens with one attached hydrogen (secondary N) is 10. The minimum absolute atomic E-state index is 0.0124. The number of carboxylic acids is 1. The second-order valence-electron chi connectivity index (χ2n) is 32.1. The Bertz CT molecular complexity index is 4120. The van der Waals surface area contributed by atoms with Crippen LogP contribution in [0, 0.1) is 0 Å². The first-order chi connectivity index (χ1) is 59.9.